The van der Waals surface area contributed by atoms with Crippen molar-refractivity contribution in [1.82, 2.24) is 15.0 Å². The topological polar surface area (TPSA) is 38.7 Å². The van der Waals surface area contributed by atoms with Crippen molar-refractivity contribution in [1.29, 1.82) is 0 Å². The Hall–Kier alpha value is -4.24. The summed E-state index contributed by atoms with van der Waals surface area (Å²) in [5, 5.41) is 0. The van der Waals surface area contributed by atoms with Crippen molar-refractivity contribution in [2.24, 2.45) is 0 Å². The first kappa shape index (κ1) is 27.3. The molecule has 0 saturated heterocycles. The monoisotopic (exact) mass is 655 g/mol. The van der Waals surface area contributed by atoms with Crippen LogP contribution < -0.4 is 0 Å². The molecule has 6 rings (SSSR count). The molecule has 3 heterocycles. The Morgan fingerprint density at radius 3 is 0.838 bits per heavy atom. The van der Waals surface area contributed by atoms with Crippen LogP contribution >= 0.6 is 0 Å². The average molecular weight is 655 g/mol. The summed E-state index contributed by atoms with van der Waals surface area (Å²) >= 11 is 0. The van der Waals surface area contributed by atoms with Crippen LogP contribution in [-0.4, -0.2) is 15.0 Å². The molecular weight excluding hydrogens is 631 g/mol. The van der Waals surface area contributed by atoms with Crippen LogP contribution in [0.2, 0.25) is 0 Å². The Balaban J connectivity index is 0.000000152. The summed E-state index contributed by atoms with van der Waals surface area (Å²) in [7, 11) is 0. The van der Waals surface area contributed by atoms with Crippen LogP contribution in [0, 0.1) is 18.2 Å². The van der Waals surface area contributed by atoms with Crippen LogP contribution in [0.15, 0.2) is 146 Å². The summed E-state index contributed by atoms with van der Waals surface area (Å²) in [6, 6.07) is 50.5. The quantitative estimate of drug-likeness (QED) is 0.184. The second-order valence-corrected chi connectivity index (χ2v) is 7.53. The average Bonchev–Trinajstić information content (AvgIpc) is 3.01. The van der Waals surface area contributed by atoms with Gasteiger partial charge in [0.05, 0.1) is 0 Å². The molecule has 3 nitrogen and oxygen atoms in total. The molecule has 4 heteroatoms. The number of pyridine rings is 3. The molecule has 0 bridgehead atoms. The summed E-state index contributed by atoms with van der Waals surface area (Å²) in [4.78, 5) is 12.6. The minimum Gasteiger partial charge on any atom is -0.296 e. The molecule has 0 aliphatic carbocycles. The predicted molar refractivity (Wildman–Crippen MR) is 146 cm³/mol. The maximum absolute atomic E-state index is 4.19. The third-order valence-corrected chi connectivity index (χ3v) is 5.06. The molecule has 180 valence electrons. The van der Waals surface area contributed by atoms with E-state index >= 15 is 0 Å². The Bertz CT molecular complexity index is 1090. The Morgan fingerprint density at radius 1 is 0.351 bits per heavy atom. The van der Waals surface area contributed by atoms with Crippen LogP contribution in [-0.2, 0) is 20.1 Å². The molecule has 6 aromatic rings. The molecular formula is C33H24IrN3. The van der Waals surface area contributed by atoms with Crippen LogP contribution in [0.5, 0.6) is 0 Å². The van der Waals surface area contributed by atoms with E-state index < -0.39 is 0 Å². The van der Waals surface area contributed by atoms with Crippen LogP contribution in [0.25, 0.3) is 33.8 Å². The molecule has 0 spiro atoms. The first-order valence-corrected chi connectivity index (χ1v) is 11.5. The van der Waals surface area contributed by atoms with Gasteiger partial charge < -0.3 is 0 Å². The number of hydrogen-bond acceptors (Lipinski definition) is 3. The minimum atomic E-state index is 0. The fourth-order valence-corrected chi connectivity index (χ4v) is 3.30. The van der Waals surface area contributed by atoms with E-state index in [1.807, 2.05) is 127 Å². The number of aromatic nitrogens is 3. The van der Waals surface area contributed by atoms with Gasteiger partial charge in [-0.05, 0) is 33.8 Å². The zero-order valence-electron chi connectivity index (χ0n) is 20.0. The summed E-state index contributed by atoms with van der Waals surface area (Å²) in [5.74, 6) is 0. The van der Waals surface area contributed by atoms with Crippen molar-refractivity contribution in [2.45, 2.75) is 0 Å². The molecule has 3 aromatic carbocycles. The van der Waals surface area contributed by atoms with E-state index in [0.717, 1.165) is 33.8 Å². The van der Waals surface area contributed by atoms with E-state index in [0.29, 0.717) is 0 Å². The number of benzene rings is 3. The molecule has 0 radical (unpaired) electrons. The minimum absolute atomic E-state index is 0. The number of nitrogens with zero attached hydrogens (tertiary/aromatic N) is 3. The largest absolute Gasteiger partial charge is 3.00 e. The van der Waals surface area contributed by atoms with E-state index in [4.69, 9.17) is 0 Å². The van der Waals surface area contributed by atoms with Gasteiger partial charge in [0, 0.05) is 0 Å². The SMILES string of the molecule is [Ir+3].[c-]1ccc(-c2ccccc2)nc1.[c-]1ccc(-c2ccccc2)nc1.[c-]1ccc(-c2ccccc2)nc1. The van der Waals surface area contributed by atoms with Gasteiger partial charge in [-0.15, -0.1) is 0 Å². The van der Waals surface area contributed by atoms with Gasteiger partial charge in [-0.2, -0.15) is 18.2 Å². The summed E-state index contributed by atoms with van der Waals surface area (Å²) < 4.78 is 0. The molecule has 0 saturated carbocycles. The van der Waals surface area contributed by atoms with Crippen molar-refractivity contribution < 1.29 is 20.1 Å². The number of hydrogen-bond donors (Lipinski definition) is 0. The van der Waals surface area contributed by atoms with Crippen molar-refractivity contribution >= 4 is 0 Å². The van der Waals surface area contributed by atoms with Crippen molar-refractivity contribution in [3.8, 4) is 33.8 Å². The summed E-state index contributed by atoms with van der Waals surface area (Å²) in [6.07, 6.45) is 5.05. The van der Waals surface area contributed by atoms with E-state index in [1.54, 1.807) is 18.6 Å². The first-order valence-electron chi connectivity index (χ1n) is 11.5. The zero-order valence-corrected chi connectivity index (χ0v) is 22.4. The predicted octanol–water partition coefficient (Wildman–Crippen LogP) is 7.64. The van der Waals surface area contributed by atoms with Gasteiger partial charge in [-0.3, -0.25) is 15.0 Å². The Labute approximate surface area is 232 Å². The van der Waals surface area contributed by atoms with E-state index in [-0.39, 0.29) is 20.1 Å². The molecule has 0 aliphatic rings. The van der Waals surface area contributed by atoms with Crippen molar-refractivity contribution in [3.05, 3.63) is 164 Å². The molecule has 3 aromatic heterocycles. The van der Waals surface area contributed by atoms with Crippen molar-refractivity contribution in [2.75, 3.05) is 0 Å². The third kappa shape index (κ3) is 9.05. The molecule has 0 amide bonds. The molecule has 37 heavy (non-hydrogen) atoms. The van der Waals surface area contributed by atoms with E-state index in [1.165, 1.54) is 0 Å². The van der Waals surface area contributed by atoms with E-state index in [2.05, 4.69) is 33.2 Å². The third-order valence-electron chi connectivity index (χ3n) is 5.06. The van der Waals surface area contributed by atoms with Gasteiger partial charge in [0.2, 0.25) is 0 Å². The fraction of sp³-hybridized carbons (Fsp3) is 0. The maximum atomic E-state index is 4.19. The van der Waals surface area contributed by atoms with Gasteiger partial charge >= 0.3 is 20.1 Å². The molecule has 0 fully saturated rings. The maximum Gasteiger partial charge on any atom is 3.00 e. The molecule has 0 atom stereocenters. The van der Waals surface area contributed by atoms with Crippen LogP contribution in [0.4, 0.5) is 0 Å². The van der Waals surface area contributed by atoms with Gasteiger partial charge in [0.15, 0.2) is 0 Å². The van der Waals surface area contributed by atoms with Gasteiger partial charge in [0.1, 0.15) is 0 Å². The van der Waals surface area contributed by atoms with Gasteiger partial charge in [-0.25, -0.2) is 36.4 Å². The standard InChI is InChI=1S/3C11H8N.Ir/c3*1-2-6-10(7-3-1)11-8-4-5-9-12-11;/h3*1-4,6-9H;/q3*-1;+3. The summed E-state index contributed by atoms with van der Waals surface area (Å²) in [5.41, 5.74) is 6.42. The molecule has 0 N–H and O–H groups in total. The summed E-state index contributed by atoms with van der Waals surface area (Å²) in [6.45, 7) is 0. The Morgan fingerprint density at radius 2 is 0.622 bits per heavy atom. The molecule has 0 unspecified atom stereocenters. The van der Waals surface area contributed by atoms with Crippen LogP contribution in [0.1, 0.15) is 0 Å². The fourth-order valence-electron chi connectivity index (χ4n) is 3.30. The van der Waals surface area contributed by atoms with Crippen molar-refractivity contribution in [3.63, 3.8) is 0 Å². The zero-order chi connectivity index (χ0) is 24.7. The van der Waals surface area contributed by atoms with Gasteiger partial charge in [-0.1, -0.05) is 110 Å². The van der Waals surface area contributed by atoms with Crippen LogP contribution in [0.3, 0.4) is 0 Å². The molecule has 0 aliphatic heterocycles. The first-order chi connectivity index (χ1) is 17.9. The Kier molecular flexibility index (Phi) is 11.6. The smallest absolute Gasteiger partial charge is 0.296 e. The second-order valence-electron chi connectivity index (χ2n) is 7.53. The number of rotatable bonds is 3. The normalized spacial score (nSPS) is 9.41. The van der Waals surface area contributed by atoms with E-state index in [9.17, 15) is 0 Å². The second kappa shape index (κ2) is 15.7. The van der Waals surface area contributed by atoms with Gasteiger partial charge in [0.25, 0.3) is 0 Å².